The van der Waals surface area contributed by atoms with E-state index < -0.39 is 34.0 Å². The number of benzene rings is 1. The Hall–Kier alpha value is -1.37. The summed E-state index contributed by atoms with van der Waals surface area (Å²) in [6.07, 6.45) is -4.08. The van der Waals surface area contributed by atoms with E-state index in [9.17, 15) is 23.1 Å². The molecule has 2 unspecified atom stereocenters. The second-order valence-corrected chi connectivity index (χ2v) is 7.75. The van der Waals surface area contributed by atoms with Crippen LogP contribution in [0.5, 0.6) is 0 Å². The zero-order chi connectivity index (χ0) is 18.3. The van der Waals surface area contributed by atoms with Gasteiger partial charge < -0.3 is 10.0 Å². The van der Waals surface area contributed by atoms with Crippen molar-refractivity contribution in [2.24, 2.45) is 5.41 Å². The lowest BCUT2D eigenvalue weighted by atomic mass is 9.68. The van der Waals surface area contributed by atoms with E-state index in [1.807, 2.05) is 20.8 Å². The molecule has 0 aliphatic carbocycles. The summed E-state index contributed by atoms with van der Waals surface area (Å²) in [5, 5.41) is 9.09. The van der Waals surface area contributed by atoms with Crippen molar-refractivity contribution in [1.29, 1.82) is 0 Å². The molecule has 1 N–H and O–H groups in total. The van der Waals surface area contributed by atoms with Crippen LogP contribution in [-0.2, 0) is 6.18 Å². The number of thiol groups is 1. The van der Waals surface area contributed by atoms with E-state index in [2.05, 4.69) is 12.6 Å². The van der Waals surface area contributed by atoms with Gasteiger partial charge in [0, 0.05) is 6.54 Å². The third-order valence-corrected chi connectivity index (χ3v) is 5.68. The fourth-order valence-electron chi connectivity index (χ4n) is 3.71. The number of likely N-dealkylation sites (tertiary alicyclic amines) is 1. The zero-order valence-corrected chi connectivity index (χ0v) is 14.8. The van der Waals surface area contributed by atoms with Crippen molar-refractivity contribution in [3.8, 4) is 0 Å². The van der Waals surface area contributed by atoms with E-state index >= 15 is 0 Å². The Morgan fingerprint density at radius 2 is 1.79 bits per heavy atom. The highest BCUT2D eigenvalue weighted by molar-refractivity contribution is 7.80. The normalized spacial score (nSPS) is 23.4. The lowest BCUT2D eigenvalue weighted by Crippen LogP contribution is -2.57. The van der Waals surface area contributed by atoms with Crippen LogP contribution in [-0.4, -0.2) is 28.2 Å². The highest BCUT2D eigenvalue weighted by Crippen LogP contribution is 2.53. The monoisotopic (exact) mass is 361 g/mol. The van der Waals surface area contributed by atoms with Crippen molar-refractivity contribution < 1.29 is 23.1 Å². The molecule has 1 fully saturated rings. The highest BCUT2D eigenvalue weighted by atomic mass is 32.1. The molecule has 0 saturated carbocycles. The third kappa shape index (κ3) is 3.10. The molecular formula is C17H22F3NO2S. The van der Waals surface area contributed by atoms with E-state index in [1.165, 1.54) is 17.0 Å². The molecule has 3 nitrogen and oxygen atoms in total. The van der Waals surface area contributed by atoms with Gasteiger partial charge in [-0.25, -0.2) is 4.79 Å². The van der Waals surface area contributed by atoms with Crippen molar-refractivity contribution in [3.05, 3.63) is 35.4 Å². The van der Waals surface area contributed by atoms with Crippen LogP contribution in [0.15, 0.2) is 24.3 Å². The van der Waals surface area contributed by atoms with Crippen molar-refractivity contribution in [2.45, 2.75) is 50.6 Å². The number of hydrogen-bond acceptors (Lipinski definition) is 2. The molecule has 0 aromatic heterocycles. The number of carbonyl (C=O) groups is 1. The van der Waals surface area contributed by atoms with E-state index in [0.29, 0.717) is 24.9 Å². The first-order valence-corrected chi connectivity index (χ1v) is 8.28. The minimum Gasteiger partial charge on any atom is -0.465 e. The van der Waals surface area contributed by atoms with Crippen molar-refractivity contribution >= 4 is 18.7 Å². The molecular weight excluding hydrogens is 339 g/mol. The van der Waals surface area contributed by atoms with Crippen LogP contribution in [0.2, 0.25) is 0 Å². The summed E-state index contributed by atoms with van der Waals surface area (Å²) in [6.45, 7) is 6.25. The third-order valence-electron chi connectivity index (χ3n) is 4.96. The Kier molecular flexibility index (Phi) is 4.87. The van der Waals surface area contributed by atoms with Crippen LogP contribution in [0.1, 0.15) is 50.0 Å². The number of alkyl halides is 3. The molecule has 7 heteroatoms. The Balaban J connectivity index is 2.46. The van der Waals surface area contributed by atoms with Crippen LogP contribution < -0.4 is 0 Å². The van der Waals surface area contributed by atoms with Crippen LogP contribution in [0.3, 0.4) is 0 Å². The molecule has 1 aliphatic heterocycles. The van der Waals surface area contributed by atoms with Gasteiger partial charge in [-0.15, -0.1) is 0 Å². The molecule has 0 radical (unpaired) electrons. The standard InChI is InChI=1S/C17H22F3NO2S/c1-15(2,3)16(9-4-10-21(16)14(22)23)13(24)11-5-7-12(8-6-11)17(18,19)20/h5-8,13,24H,4,9-10H2,1-3H3,(H,22,23). The number of carboxylic acid groups (broad SMARTS) is 1. The second kappa shape index (κ2) is 6.17. The van der Waals surface area contributed by atoms with Gasteiger partial charge in [0.15, 0.2) is 0 Å². The van der Waals surface area contributed by atoms with E-state index in [1.54, 1.807) is 0 Å². The predicted molar refractivity (Wildman–Crippen MR) is 89.3 cm³/mol. The van der Waals surface area contributed by atoms with Gasteiger partial charge in [0.1, 0.15) is 0 Å². The molecule has 1 aromatic rings. The smallest absolute Gasteiger partial charge is 0.416 e. The maximum absolute atomic E-state index is 12.7. The van der Waals surface area contributed by atoms with Crippen molar-refractivity contribution in [3.63, 3.8) is 0 Å². The molecule has 1 aliphatic rings. The quantitative estimate of drug-likeness (QED) is 0.708. The second-order valence-electron chi connectivity index (χ2n) is 7.23. The molecule has 1 aromatic carbocycles. The van der Waals surface area contributed by atoms with Crippen molar-refractivity contribution in [2.75, 3.05) is 6.54 Å². The van der Waals surface area contributed by atoms with Gasteiger partial charge in [-0.05, 0) is 36.0 Å². The van der Waals surface area contributed by atoms with Gasteiger partial charge in [-0.1, -0.05) is 32.9 Å². The van der Waals surface area contributed by atoms with Gasteiger partial charge in [-0.2, -0.15) is 25.8 Å². The largest absolute Gasteiger partial charge is 0.465 e. The molecule has 0 bridgehead atoms. The fraction of sp³-hybridized carbons (Fsp3) is 0.588. The van der Waals surface area contributed by atoms with E-state index in [4.69, 9.17) is 0 Å². The summed E-state index contributed by atoms with van der Waals surface area (Å²) in [7, 11) is 0. The van der Waals surface area contributed by atoms with Gasteiger partial charge in [0.25, 0.3) is 0 Å². The van der Waals surface area contributed by atoms with Gasteiger partial charge >= 0.3 is 12.3 Å². The Morgan fingerprint density at radius 3 is 2.21 bits per heavy atom. The lowest BCUT2D eigenvalue weighted by Gasteiger charge is -2.50. The van der Waals surface area contributed by atoms with Crippen LogP contribution in [0.25, 0.3) is 0 Å². The highest BCUT2D eigenvalue weighted by Gasteiger charge is 2.55. The average Bonchev–Trinajstić information content (AvgIpc) is 2.91. The van der Waals surface area contributed by atoms with Gasteiger partial charge in [0.05, 0.1) is 16.4 Å². The number of hydrogen-bond donors (Lipinski definition) is 2. The fourth-order valence-corrected chi connectivity index (χ4v) is 4.54. The topological polar surface area (TPSA) is 40.5 Å². The lowest BCUT2D eigenvalue weighted by molar-refractivity contribution is -0.137. The summed E-state index contributed by atoms with van der Waals surface area (Å²) in [5.74, 6) is 0. The van der Waals surface area contributed by atoms with Crippen LogP contribution in [0.4, 0.5) is 18.0 Å². The number of halogens is 3. The summed E-state index contributed by atoms with van der Waals surface area (Å²) < 4.78 is 38.2. The predicted octanol–water partition coefficient (Wildman–Crippen LogP) is 5.24. The Bertz CT molecular complexity index is 610. The molecule has 134 valence electrons. The first kappa shape index (κ1) is 19.0. The van der Waals surface area contributed by atoms with Crippen LogP contribution in [0, 0.1) is 5.41 Å². The molecule has 1 saturated heterocycles. The number of nitrogens with zero attached hydrogens (tertiary/aromatic N) is 1. The molecule has 24 heavy (non-hydrogen) atoms. The van der Waals surface area contributed by atoms with E-state index in [-0.39, 0.29) is 0 Å². The maximum Gasteiger partial charge on any atom is 0.416 e. The summed E-state index contributed by atoms with van der Waals surface area (Å²) in [5.41, 5.74) is -1.33. The maximum atomic E-state index is 12.7. The minimum absolute atomic E-state index is 0.407. The van der Waals surface area contributed by atoms with Gasteiger partial charge in [0.2, 0.25) is 0 Å². The number of rotatable bonds is 2. The molecule has 0 spiro atoms. The van der Waals surface area contributed by atoms with Gasteiger partial charge in [-0.3, -0.25) is 0 Å². The molecule has 2 atom stereocenters. The van der Waals surface area contributed by atoms with Crippen LogP contribution >= 0.6 is 12.6 Å². The number of amides is 1. The van der Waals surface area contributed by atoms with E-state index in [0.717, 1.165) is 12.1 Å². The summed E-state index contributed by atoms with van der Waals surface area (Å²) >= 11 is 4.67. The average molecular weight is 361 g/mol. The zero-order valence-electron chi connectivity index (χ0n) is 13.9. The summed E-state index contributed by atoms with van der Waals surface area (Å²) in [6, 6.07) is 4.84. The SMILES string of the molecule is CC(C)(C)C1(C(S)c2ccc(C(F)(F)F)cc2)CCCN1C(=O)O. The molecule has 2 rings (SSSR count). The Labute approximate surface area is 145 Å². The summed E-state index contributed by atoms with van der Waals surface area (Å²) in [4.78, 5) is 13.1. The first-order valence-electron chi connectivity index (χ1n) is 7.77. The molecule has 1 heterocycles. The first-order chi connectivity index (χ1) is 10.9. The Morgan fingerprint density at radius 1 is 1.25 bits per heavy atom. The van der Waals surface area contributed by atoms with Crippen molar-refractivity contribution in [1.82, 2.24) is 4.90 Å². The molecule has 1 amide bonds. The minimum atomic E-state index is -4.40.